The van der Waals surface area contributed by atoms with E-state index in [-0.39, 0.29) is 5.75 Å². The van der Waals surface area contributed by atoms with E-state index < -0.39 is 9.84 Å². The Bertz CT molecular complexity index is 1750. The number of benzene rings is 3. The number of nitrogens with one attached hydrogen (secondary N) is 2. The van der Waals surface area contributed by atoms with E-state index >= 15 is 0 Å². The maximum absolute atomic E-state index is 11.3. The number of rotatable bonds is 11. The van der Waals surface area contributed by atoms with Crippen LogP contribution in [-0.2, 0) is 23.0 Å². The fourth-order valence-electron chi connectivity index (χ4n) is 4.20. The molecule has 0 amide bonds. The van der Waals surface area contributed by atoms with Crippen LogP contribution >= 0.6 is 11.6 Å². The predicted octanol–water partition coefficient (Wildman–Crippen LogP) is 6.31. The van der Waals surface area contributed by atoms with Crippen LogP contribution in [0.25, 0.3) is 22.2 Å². The number of anilines is 2. The monoisotopic (exact) mass is 576 g/mol. The molecular weight excluding hydrogens is 548 g/mol. The van der Waals surface area contributed by atoms with Crippen LogP contribution in [0.3, 0.4) is 0 Å². The normalized spacial score (nSPS) is 11.6. The topological polar surface area (TPSA) is 106 Å². The SMILES string of the molecule is Cc1cccc(COc2ccc(Nc3ncnc4ccc(-c5ccc(CNCCS(C)(=O)=O)o5)cc34)cc2Cl)c1. The molecule has 0 radical (unpaired) electrons. The fraction of sp³-hybridized carbons (Fsp3) is 0.200. The molecule has 0 aliphatic carbocycles. The summed E-state index contributed by atoms with van der Waals surface area (Å²) in [6.07, 6.45) is 2.73. The molecule has 5 rings (SSSR count). The first kappa shape index (κ1) is 27.6. The van der Waals surface area contributed by atoms with Crippen LogP contribution in [0.5, 0.6) is 5.75 Å². The van der Waals surface area contributed by atoms with E-state index in [1.807, 2.05) is 67.6 Å². The van der Waals surface area contributed by atoms with Crippen LogP contribution in [0.15, 0.2) is 83.5 Å². The van der Waals surface area contributed by atoms with Crippen LogP contribution in [0.4, 0.5) is 11.5 Å². The van der Waals surface area contributed by atoms with Gasteiger partial charge in [0, 0.05) is 29.4 Å². The minimum Gasteiger partial charge on any atom is -0.487 e. The highest BCUT2D eigenvalue weighted by molar-refractivity contribution is 7.90. The third-order valence-corrected chi connectivity index (χ3v) is 7.44. The molecule has 0 aliphatic heterocycles. The molecule has 10 heteroatoms. The van der Waals surface area contributed by atoms with Gasteiger partial charge in [-0.15, -0.1) is 0 Å². The fourth-order valence-corrected chi connectivity index (χ4v) is 4.95. The van der Waals surface area contributed by atoms with Crippen LogP contribution in [-0.4, -0.2) is 36.9 Å². The predicted molar refractivity (Wildman–Crippen MR) is 159 cm³/mol. The van der Waals surface area contributed by atoms with Crippen molar-refractivity contribution in [2.24, 2.45) is 0 Å². The Balaban J connectivity index is 1.29. The van der Waals surface area contributed by atoms with Crippen LogP contribution in [0, 0.1) is 6.92 Å². The first-order valence-corrected chi connectivity index (χ1v) is 15.1. The lowest BCUT2D eigenvalue weighted by atomic mass is 10.1. The molecule has 206 valence electrons. The number of halogens is 1. The molecule has 0 saturated heterocycles. The summed E-state index contributed by atoms with van der Waals surface area (Å²) >= 11 is 6.54. The molecule has 0 fully saturated rings. The molecule has 2 aromatic heterocycles. The summed E-state index contributed by atoms with van der Waals surface area (Å²) in [6.45, 7) is 3.28. The van der Waals surface area contributed by atoms with E-state index in [9.17, 15) is 8.42 Å². The van der Waals surface area contributed by atoms with Gasteiger partial charge in [-0.05, 0) is 61.0 Å². The largest absolute Gasteiger partial charge is 0.487 e. The number of aromatic nitrogens is 2. The quantitative estimate of drug-likeness (QED) is 0.176. The molecule has 0 spiro atoms. The first-order valence-electron chi connectivity index (χ1n) is 12.7. The number of ether oxygens (including phenoxy) is 1. The second kappa shape index (κ2) is 12.1. The summed E-state index contributed by atoms with van der Waals surface area (Å²) in [5.41, 5.74) is 4.66. The van der Waals surface area contributed by atoms with Gasteiger partial charge in [0.15, 0.2) is 0 Å². The summed E-state index contributed by atoms with van der Waals surface area (Å²) in [6, 6.07) is 23.3. The molecule has 40 heavy (non-hydrogen) atoms. The number of aryl methyl sites for hydroxylation is 1. The lowest BCUT2D eigenvalue weighted by Gasteiger charge is -2.12. The molecule has 2 heterocycles. The van der Waals surface area contributed by atoms with E-state index in [4.69, 9.17) is 20.8 Å². The van der Waals surface area contributed by atoms with Gasteiger partial charge in [-0.1, -0.05) is 41.4 Å². The van der Waals surface area contributed by atoms with Gasteiger partial charge in [-0.2, -0.15) is 0 Å². The molecule has 0 unspecified atom stereocenters. The third-order valence-electron chi connectivity index (χ3n) is 6.20. The number of hydrogen-bond donors (Lipinski definition) is 2. The van der Waals surface area contributed by atoms with Gasteiger partial charge in [0.1, 0.15) is 45.9 Å². The van der Waals surface area contributed by atoms with Gasteiger partial charge in [0.25, 0.3) is 0 Å². The van der Waals surface area contributed by atoms with E-state index in [2.05, 4.69) is 26.7 Å². The van der Waals surface area contributed by atoms with Gasteiger partial charge in [0.05, 0.1) is 22.8 Å². The Morgan fingerprint density at radius 2 is 1.88 bits per heavy atom. The van der Waals surface area contributed by atoms with E-state index in [0.29, 0.717) is 47.8 Å². The molecule has 8 nitrogen and oxygen atoms in total. The average Bonchev–Trinajstić information content (AvgIpc) is 3.39. The van der Waals surface area contributed by atoms with Gasteiger partial charge < -0.3 is 19.8 Å². The zero-order valence-corrected chi connectivity index (χ0v) is 23.7. The highest BCUT2D eigenvalue weighted by Crippen LogP contribution is 2.32. The van der Waals surface area contributed by atoms with Crippen molar-refractivity contribution in [1.29, 1.82) is 0 Å². The Labute approximate surface area is 238 Å². The summed E-state index contributed by atoms with van der Waals surface area (Å²) < 4.78 is 34.5. The number of hydrogen-bond acceptors (Lipinski definition) is 8. The molecule has 5 aromatic rings. The average molecular weight is 577 g/mol. The minimum absolute atomic E-state index is 0.0788. The van der Waals surface area contributed by atoms with E-state index in [1.165, 1.54) is 18.1 Å². The maximum Gasteiger partial charge on any atom is 0.148 e. The van der Waals surface area contributed by atoms with Crippen molar-refractivity contribution in [2.75, 3.05) is 23.9 Å². The summed E-state index contributed by atoms with van der Waals surface area (Å²) in [5, 5.41) is 7.75. The Hall–Kier alpha value is -3.92. The van der Waals surface area contributed by atoms with Gasteiger partial charge in [0.2, 0.25) is 0 Å². The summed E-state index contributed by atoms with van der Waals surface area (Å²) in [7, 11) is -3.01. The first-order chi connectivity index (χ1) is 19.2. The van der Waals surface area contributed by atoms with Crippen molar-refractivity contribution in [1.82, 2.24) is 15.3 Å². The highest BCUT2D eigenvalue weighted by Gasteiger charge is 2.11. The highest BCUT2D eigenvalue weighted by atomic mass is 35.5. The molecule has 2 N–H and O–H groups in total. The van der Waals surface area contributed by atoms with Crippen molar-refractivity contribution in [2.45, 2.75) is 20.1 Å². The lowest BCUT2D eigenvalue weighted by Crippen LogP contribution is -2.21. The molecule has 0 aliphatic rings. The van der Waals surface area contributed by atoms with Crippen LogP contribution in [0.1, 0.15) is 16.9 Å². The van der Waals surface area contributed by atoms with Crippen molar-refractivity contribution >= 4 is 43.8 Å². The number of sulfone groups is 1. The summed E-state index contributed by atoms with van der Waals surface area (Å²) in [5.74, 6) is 2.71. The Morgan fingerprint density at radius 3 is 2.67 bits per heavy atom. The van der Waals surface area contributed by atoms with Crippen molar-refractivity contribution in [3.8, 4) is 17.1 Å². The van der Waals surface area contributed by atoms with E-state index in [1.54, 1.807) is 6.07 Å². The van der Waals surface area contributed by atoms with Gasteiger partial charge in [-0.25, -0.2) is 18.4 Å². The molecule has 3 aromatic carbocycles. The molecular formula is C30H29ClN4O4S. The number of fused-ring (bicyclic) bond motifs is 1. The zero-order valence-electron chi connectivity index (χ0n) is 22.1. The molecule has 0 bridgehead atoms. The molecule has 0 atom stereocenters. The van der Waals surface area contributed by atoms with Gasteiger partial charge in [-0.3, -0.25) is 0 Å². The van der Waals surface area contributed by atoms with Crippen LogP contribution < -0.4 is 15.4 Å². The zero-order chi connectivity index (χ0) is 28.1. The number of nitrogens with zero attached hydrogens (tertiary/aromatic N) is 2. The lowest BCUT2D eigenvalue weighted by molar-refractivity contribution is 0.306. The maximum atomic E-state index is 11.3. The van der Waals surface area contributed by atoms with Crippen molar-refractivity contribution in [3.63, 3.8) is 0 Å². The minimum atomic E-state index is -3.01. The summed E-state index contributed by atoms with van der Waals surface area (Å²) in [4.78, 5) is 8.86. The standard InChI is InChI=1S/C30H29ClN4O4S/c1-20-4-3-5-21(14-20)18-38-29-10-7-23(16-26(29)31)35-30-25-15-22(6-9-27(25)33-19-34-30)28-11-8-24(39-28)17-32-12-13-40(2,36)37/h3-11,14-16,19,32H,12-13,17-18H2,1-2H3,(H,33,34,35). The Kier molecular flexibility index (Phi) is 8.35. The van der Waals surface area contributed by atoms with Crippen molar-refractivity contribution in [3.05, 3.63) is 101 Å². The second-order valence-corrected chi connectivity index (χ2v) is 12.2. The van der Waals surface area contributed by atoms with Gasteiger partial charge >= 0.3 is 0 Å². The van der Waals surface area contributed by atoms with Crippen molar-refractivity contribution < 1.29 is 17.6 Å². The second-order valence-electron chi connectivity index (χ2n) is 9.57. The smallest absolute Gasteiger partial charge is 0.148 e. The Morgan fingerprint density at radius 1 is 1.00 bits per heavy atom. The third kappa shape index (κ3) is 7.18. The molecule has 0 saturated carbocycles. The van der Waals surface area contributed by atoms with E-state index in [0.717, 1.165) is 27.7 Å². The van der Waals surface area contributed by atoms with Crippen LogP contribution in [0.2, 0.25) is 5.02 Å². The number of furan rings is 1.